The van der Waals surface area contributed by atoms with Crippen LogP contribution in [0.25, 0.3) is 0 Å². The van der Waals surface area contributed by atoms with Crippen molar-refractivity contribution in [2.24, 2.45) is 0 Å². The van der Waals surface area contributed by atoms with E-state index in [4.69, 9.17) is 0 Å². The standard InChI is InChI=1S/C13H15N5O2/c1-8-5-10(12(13(19)20)9(2)15-8)17-3-4-18-7-14-16-11(18)6-17/h5,7H,3-4,6H2,1-2H3,(H,19,20). The highest BCUT2D eigenvalue weighted by molar-refractivity contribution is 5.95. The molecule has 20 heavy (non-hydrogen) atoms. The van der Waals surface area contributed by atoms with Gasteiger partial charge in [-0.2, -0.15) is 0 Å². The largest absolute Gasteiger partial charge is 0.478 e. The molecule has 2 aromatic rings. The lowest BCUT2D eigenvalue weighted by Crippen LogP contribution is -2.35. The number of anilines is 1. The molecule has 3 heterocycles. The fraction of sp³-hybridized carbons (Fsp3) is 0.385. The maximum atomic E-state index is 11.5. The number of nitrogens with zero attached hydrogens (tertiary/aromatic N) is 5. The average Bonchev–Trinajstić information content (AvgIpc) is 2.84. The molecule has 0 atom stereocenters. The van der Waals surface area contributed by atoms with Crippen LogP contribution in [0.4, 0.5) is 5.69 Å². The Hall–Kier alpha value is -2.44. The Morgan fingerprint density at radius 3 is 2.90 bits per heavy atom. The van der Waals surface area contributed by atoms with Crippen LogP contribution in [0.1, 0.15) is 27.6 Å². The molecule has 0 fully saturated rings. The summed E-state index contributed by atoms with van der Waals surface area (Å²) >= 11 is 0. The number of fused-ring (bicyclic) bond motifs is 1. The van der Waals surface area contributed by atoms with Crippen molar-refractivity contribution in [3.63, 3.8) is 0 Å². The number of hydrogen-bond acceptors (Lipinski definition) is 5. The summed E-state index contributed by atoms with van der Waals surface area (Å²) in [5.74, 6) is -0.100. The lowest BCUT2D eigenvalue weighted by Gasteiger charge is -2.30. The van der Waals surface area contributed by atoms with Gasteiger partial charge in [0.1, 0.15) is 11.9 Å². The monoisotopic (exact) mass is 273 g/mol. The first kappa shape index (κ1) is 12.6. The van der Waals surface area contributed by atoms with E-state index in [1.807, 2.05) is 22.5 Å². The van der Waals surface area contributed by atoms with Gasteiger partial charge in [-0.1, -0.05) is 0 Å². The van der Waals surface area contributed by atoms with Crippen molar-refractivity contribution in [2.45, 2.75) is 26.9 Å². The summed E-state index contributed by atoms with van der Waals surface area (Å²) in [4.78, 5) is 17.8. The quantitative estimate of drug-likeness (QED) is 0.879. The summed E-state index contributed by atoms with van der Waals surface area (Å²) in [6.45, 7) is 5.64. The van der Waals surface area contributed by atoms with Crippen molar-refractivity contribution in [1.29, 1.82) is 0 Å². The molecule has 3 rings (SSSR count). The van der Waals surface area contributed by atoms with Crippen LogP contribution >= 0.6 is 0 Å². The van der Waals surface area contributed by atoms with E-state index < -0.39 is 5.97 Å². The van der Waals surface area contributed by atoms with Crippen LogP contribution in [0.2, 0.25) is 0 Å². The molecule has 0 saturated carbocycles. The second-order valence-electron chi connectivity index (χ2n) is 4.91. The number of carboxylic acid groups (broad SMARTS) is 1. The lowest BCUT2D eigenvalue weighted by molar-refractivity contribution is 0.0696. The zero-order chi connectivity index (χ0) is 14.3. The van der Waals surface area contributed by atoms with Crippen LogP contribution in [0.15, 0.2) is 12.4 Å². The molecule has 0 aliphatic carbocycles. The van der Waals surface area contributed by atoms with Gasteiger partial charge in [0, 0.05) is 18.8 Å². The predicted octanol–water partition coefficient (Wildman–Crippen LogP) is 1.01. The number of aromatic nitrogens is 4. The highest BCUT2D eigenvalue weighted by Gasteiger charge is 2.24. The predicted molar refractivity (Wildman–Crippen MR) is 71.7 cm³/mol. The summed E-state index contributed by atoms with van der Waals surface area (Å²) in [6.07, 6.45) is 1.70. The number of pyridine rings is 1. The Labute approximate surface area is 115 Å². The van der Waals surface area contributed by atoms with Crippen LogP contribution in [0.5, 0.6) is 0 Å². The van der Waals surface area contributed by atoms with Gasteiger partial charge in [0.15, 0.2) is 5.82 Å². The summed E-state index contributed by atoms with van der Waals surface area (Å²) in [5.41, 5.74) is 2.33. The van der Waals surface area contributed by atoms with Crippen LogP contribution in [0, 0.1) is 13.8 Å². The fourth-order valence-electron chi connectivity index (χ4n) is 2.59. The van der Waals surface area contributed by atoms with Gasteiger partial charge in [-0.05, 0) is 19.9 Å². The zero-order valence-corrected chi connectivity index (χ0v) is 11.4. The van der Waals surface area contributed by atoms with Crippen molar-refractivity contribution < 1.29 is 9.90 Å². The van der Waals surface area contributed by atoms with E-state index >= 15 is 0 Å². The van der Waals surface area contributed by atoms with Gasteiger partial charge < -0.3 is 14.6 Å². The first-order valence-electron chi connectivity index (χ1n) is 6.39. The van der Waals surface area contributed by atoms with Crippen LogP contribution in [0.3, 0.4) is 0 Å². The number of rotatable bonds is 2. The third-order valence-corrected chi connectivity index (χ3v) is 3.50. The van der Waals surface area contributed by atoms with E-state index in [9.17, 15) is 9.90 Å². The number of hydrogen-bond donors (Lipinski definition) is 1. The third kappa shape index (κ3) is 2.01. The molecule has 2 aromatic heterocycles. The second kappa shape index (κ2) is 4.59. The van der Waals surface area contributed by atoms with Gasteiger partial charge in [0.05, 0.1) is 17.9 Å². The lowest BCUT2D eigenvalue weighted by atomic mass is 10.1. The topological polar surface area (TPSA) is 84.1 Å². The molecular weight excluding hydrogens is 258 g/mol. The van der Waals surface area contributed by atoms with Crippen molar-refractivity contribution in [2.75, 3.05) is 11.4 Å². The molecule has 0 bridgehead atoms. The molecule has 7 heteroatoms. The number of carboxylic acids is 1. The SMILES string of the molecule is Cc1cc(N2CCn3cnnc3C2)c(C(=O)O)c(C)n1. The summed E-state index contributed by atoms with van der Waals surface area (Å²) in [7, 11) is 0. The Kier molecular flexibility index (Phi) is 2.89. The molecule has 0 amide bonds. The van der Waals surface area contributed by atoms with Crippen LogP contribution in [-0.4, -0.2) is 37.4 Å². The molecule has 0 saturated heterocycles. The Balaban J connectivity index is 2.05. The van der Waals surface area contributed by atoms with Crippen molar-refractivity contribution in [1.82, 2.24) is 19.7 Å². The van der Waals surface area contributed by atoms with Gasteiger partial charge in [-0.25, -0.2) is 4.79 Å². The fourth-order valence-corrected chi connectivity index (χ4v) is 2.59. The molecule has 1 aliphatic rings. The molecule has 7 nitrogen and oxygen atoms in total. The molecule has 104 valence electrons. The summed E-state index contributed by atoms with van der Waals surface area (Å²) < 4.78 is 1.98. The first-order valence-corrected chi connectivity index (χ1v) is 6.39. The van der Waals surface area contributed by atoms with Gasteiger partial charge in [0.2, 0.25) is 0 Å². The van der Waals surface area contributed by atoms with Gasteiger partial charge >= 0.3 is 5.97 Å². The molecule has 0 unspecified atom stereocenters. The number of carbonyl (C=O) groups is 1. The van der Waals surface area contributed by atoms with Crippen LogP contribution in [-0.2, 0) is 13.1 Å². The maximum Gasteiger partial charge on any atom is 0.339 e. The molecule has 0 aromatic carbocycles. The Morgan fingerprint density at radius 2 is 2.15 bits per heavy atom. The van der Waals surface area contributed by atoms with Crippen molar-refractivity contribution >= 4 is 11.7 Å². The van der Waals surface area contributed by atoms with Gasteiger partial charge in [0.25, 0.3) is 0 Å². The normalized spacial score (nSPS) is 14.2. The third-order valence-electron chi connectivity index (χ3n) is 3.50. The minimum Gasteiger partial charge on any atom is -0.478 e. The minimum atomic E-state index is -0.947. The zero-order valence-electron chi connectivity index (χ0n) is 11.4. The Bertz CT molecular complexity index is 679. The highest BCUT2D eigenvalue weighted by Crippen LogP contribution is 2.27. The van der Waals surface area contributed by atoms with Crippen molar-refractivity contribution in [3.8, 4) is 0 Å². The molecule has 0 spiro atoms. The van der Waals surface area contributed by atoms with Crippen molar-refractivity contribution in [3.05, 3.63) is 35.2 Å². The highest BCUT2D eigenvalue weighted by atomic mass is 16.4. The molecular formula is C13H15N5O2. The second-order valence-corrected chi connectivity index (χ2v) is 4.91. The van der Waals surface area contributed by atoms with E-state index in [0.717, 1.165) is 24.6 Å². The number of aryl methyl sites for hydroxylation is 2. The van der Waals surface area contributed by atoms with Gasteiger partial charge in [-0.3, -0.25) is 4.98 Å². The van der Waals surface area contributed by atoms with Crippen LogP contribution < -0.4 is 4.90 Å². The van der Waals surface area contributed by atoms with Gasteiger partial charge in [-0.15, -0.1) is 10.2 Å². The molecule has 1 N–H and O–H groups in total. The van der Waals surface area contributed by atoms with E-state index in [1.54, 1.807) is 13.3 Å². The Morgan fingerprint density at radius 1 is 1.35 bits per heavy atom. The first-order chi connectivity index (χ1) is 9.56. The number of aromatic carboxylic acids is 1. The van der Waals surface area contributed by atoms with E-state index in [2.05, 4.69) is 15.2 Å². The average molecular weight is 273 g/mol. The summed E-state index contributed by atoms with van der Waals surface area (Å²) in [5, 5.41) is 17.4. The summed E-state index contributed by atoms with van der Waals surface area (Å²) in [6, 6.07) is 1.82. The van der Waals surface area contributed by atoms with E-state index in [-0.39, 0.29) is 5.56 Å². The maximum absolute atomic E-state index is 11.5. The van der Waals surface area contributed by atoms with E-state index in [1.165, 1.54) is 0 Å². The molecule has 1 aliphatic heterocycles. The molecule has 0 radical (unpaired) electrons. The minimum absolute atomic E-state index is 0.267. The van der Waals surface area contributed by atoms with E-state index in [0.29, 0.717) is 17.9 Å². The smallest absolute Gasteiger partial charge is 0.339 e.